The Balaban J connectivity index is 1.98. The normalized spacial score (nSPS) is 11.2. The molecule has 112 valence electrons. The van der Waals surface area contributed by atoms with Gasteiger partial charge in [0.2, 0.25) is 10.0 Å². The number of carbonyl (C=O) groups is 1. The number of benzene rings is 1. The van der Waals surface area contributed by atoms with Crippen LogP contribution in [0, 0.1) is 0 Å². The largest absolute Gasteiger partial charge is 0.481 e. The molecule has 0 fully saturated rings. The maximum Gasteiger partial charge on any atom is 0.303 e. The second-order valence-corrected chi connectivity index (χ2v) is 6.13. The summed E-state index contributed by atoms with van der Waals surface area (Å²) in [5.41, 5.74) is 1.11. The van der Waals surface area contributed by atoms with Crippen molar-refractivity contribution in [1.82, 2.24) is 15.0 Å². The van der Waals surface area contributed by atoms with Crippen LogP contribution in [0.1, 0.15) is 12.8 Å². The first-order valence-electron chi connectivity index (χ1n) is 6.15. The SMILES string of the molecule is O=C(O)CCCS(=O)(=O)Nc1ccc(-n2nccn2)cc1. The van der Waals surface area contributed by atoms with Crippen molar-refractivity contribution in [2.75, 3.05) is 10.5 Å². The van der Waals surface area contributed by atoms with Crippen LogP contribution in [-0.2, 0) is 14.8 Å². The van der Waals surface area contributed by atoms with Crippen LogP contribution in [0.4, 0.5) is 5.69 Å². The standard InChI is InChI=1S/C12H14N4O4S/c17-12(18)2-1-9-21(19,20)15-10-3-5-11(6-4-10)16-13-7-8-14-16/h3-8,15H,1-2,9H2,(H,17,18). The fourth-order valence-corrected chi connectivity index (χ4v) is 2.78. The van der Waals surface area contributed by atoms with Crippen molar-refractivity contribution in [2.45, 2.75) is 12.8 Å². The predicted molar refractivity (Wildman–Crippen MR) is 75.6 cm³/mol. The number of aromatic nitrogens is 3. The van der Waals surface area contributed by atoms with E-state index >= 15 is 0 Å². The third kappa shape index (κ3) is 4.56. The first-order valence-corrected chi connectivity index (χ1v) is 7.80. The van der Waals surface area contributed by atoms with E-state index in [1.54, 1.807) is 36.7 Å². The van der Waals surface area contributed by atoms with E-state index in [-0.39, 0.29) is 18.6 Å². The van der Waals surface area contributed by atoms with E-state index in [4.69, 9.17) is 5.11 Å². The summed E-state index contributed by atoms with van der Waals surface area (Å²) < 4.78 is 25.9. The van der Waals surface area contributed by atoms with Crippen molar-refractivity contribution in [3.63, 3.8) is 0 Å². The van der Waals surface area contributed by atoms with Crippen molar-refractivity contribution in [1.29, 1.82) is 0 Å². The van der Waals surface area contributed by atoms with Gasteiger partial charge in [-0.3, -0.25) is 9.52 Å². The number of anilines is 1. The Morgan fingerprint density at radius 1 is 1.19 bits per heavy atom. The number of hydrogen-bond donors (Lipinski definition) is 2. The van der Waals surface area contributed by atoms with Crippen LogP contribution in [0.3, 0.4) is 0 Å². The third-order valence-corrected chi connectivity index (χ3v) is 3.97. The van der Waals surface area contributed by atoms with Gasteiger partial charge in [-0.1, -0.05) is 0 Å². The number of rotatable bonds is 7. The van der Waals surface area contributed by atoms with Gasteiger partial charge in [-0.15, -0.1) is 0 Å². The van der Waals surface area contributed by atoms with Crippen LogP contribution in [-0.4, -0.2) is 40.2 Å². The zero-order valence-electron chi connectivity index (χ0n) is 11.0. The summed E-state index contributed by atoms with van der Waals surface area (Å²) >= 11 is 0. The molecule has 0 amide bonds. The van der Waals surface area contributed by atoms with Crippen molar-refractivity contribution in [3.8, 4) is 5.69 Å². The zero-order valence-corrected chi connectivity index (χ0v) is 11.8. The molecule has 0 radical (unpaired) electrons. The van der Waals surface area contributed by atoms with Gasteiger partial charge >= 0.3 is 5.97 Å². The van der Waals surface area contributed by atoms with Gasteiger partial charge in [0.25, 0.3) is 0 Å². The van der Waals surface area contributed by atoms with Crippen LogP contribution >= 0.6 is 0 Å². The van der Waals surface area contributed by atoms with E-state index < -0.39 is 16.0 Å². The van der Waals surface area contributed by atoms with E-state index in [0.717, 1.165) is 0 Å². The Kier molecular flexibility index (Phi) is 4.53. The summed E-state index contributed by atoms with van der Waals surface area (Å²) in [6, 6.07) is 6.53. The van der Waals surface area contributed by atoms with Crippen LogP contribution in [0.25, 0.3) is 5.69 Å². The molecule has 1 aromatic heterocycles. The molecule has 9 heteroatoms. The van der Waals surface area contributed by atoms with Gasteiger partial charge in [0.15, 0.2) is 0 Å². The molecule has 0 saturated carbocycles. The molecule has 0 aliphatic heterocycles. The number of hydrogen-bond acceptors (Lipinski definition) is 5. The van der Waals surface area contributed by atoms with E-state index in [0.29, 0.717) is 11.4 Å². The first-order chi connectivity index (χ1) is 9.96. The third-order valence-electron chi connectivity index (χ3n) is 2.59. The zero-order chi connectivity index (χ0) is 15.3. The van der Waals surface area contributed by atoms with Gasteiger partial charge in [0.05, 0.1) is 23.8 Å². The number of nitrogens with zero attached hydrogens (tertiary/aromatic N) is 3. The molecule has 0 aliphatic carbocycles. The molecule has 8 nitrogen and oxygen atoms in total. The molecule has 0 aliphatic rings. The lowest BCUT2D eigenvalue weighted by Crippen LogP contribution is -2.17. The fourth-order valence-electron chi connectivity index (χ4n) is 1.66. The molecule has 0 spiro atoms. The average Bonchev–Trinajstić information content (AvgIpc) is 2.92. The Hall–Kier alpha value is -2.42. The maximum atomic E-state index is 11.8. The Morgan fingerprint density at radius 3 is 2.38 bits per heavy atom. The minimum Gasteiger partial charge on any atom is -0.481 e. The molecular formula is C12H14N4O4S. The lowest BCUT2D eigenvalue weighted by Gasteiger charge is -2.08. The minimum atomic E-state index is -3.55. The predicted octanol–water partition coefficient (Wildman–Crippen LogP) is 0.874. The molecule has 1 heterocycles. The average molecular weight is 310 g/mol. The van der Waals surface area contributed by atoms with Gasteiger partial charge in [0, 0.05) is 12.1 Å². The van der Waals surface area contributed by atoms with Crippen LogP contribution in [0.2, 0.25) is 0 Å². The lowest BCUT2D eigenvalue weighted by atomic mass is 10.3. The highest BCUT2D eigenvalue weighted by Crippen LogP contribution is 2.13. The number of aliphatic carboxylic acids is 1. The highest BCUT2D eigenvalue weighted by Gasteiger charge is 2.11. The van der Waals surface area contributed by atoms with Crippen LogP contribution in [0.5, 0.6) is 0 Å². The molecule has 2 N–H and O–H groups in total. The number of nitrogens with one attached hydrogen (secondary N) is 1. The molecule has 0 unspecified atom stereocenters. The summed E-state index contributed by atoms with van der Waals surface area (Å²) in [6.07, 6.45) is 2.98. The Morgan fingerprint density at radius 2 is 1.81 bits per heavy atom. The van der Waals surface area contributed by atoms with E-state index in [9.17, 15) is 13.2 Å². The quantitative estimate of drug-likeness (QED) is 0.784. The minimum absolute atomic E-state index is 0.0694. The van der Waals surface area contributed by atoms with Crippen molar-refractivity contribution in [2.24, 2.45) is 0 Å². The lowest BCUT2D eigenvalue weighted by molar-refractivity contribution is -0.137. The van der Waals surface area contributed by atoms with E-state index in [1.165, 1.54) is 4.80 Å². The number of carboxylic acids is 1. The molecule has 0 bridgehead atoms. The second kappa shape index (κ2) is 6.35. The molecular weight excluding hydrogens is 296 g/mol. The van der Waals surface area contributed by atoms with E-state index in [1.807, 2.05) is 0 Å². The highest BCUT2D eigenvalue weighted by molar-refractivity contribution is 7.92. The molecule has 21 heavy (non-hydrogen) atoms. The smallest absolute Gasteiger partial charge is 0.303 e. The van der Waals surface area contributed by atoms with Gasteiger partial charge < -0.3 is 5.11 Å². The van der Waals surface area contributed by atoms with Crippen molar-refractivity contribution >= 4 is 21.7 Å². The fraction of sp³-hybridized carbons (Fsp3) is 0.250. The van der Waals surface area contributed by atoms with Crippen LogP contribution in [0.15, 0.2) is 36.7 Å². The van der Waals surface area contributed by atoms with Gasteiger partial charge in [0.1, 0.15) is 0 Å². The van der Waals surface area contributed by atoms with Gasteiger partial charge in [-0.2, -0.15) is 15.0 Å². The molecule has 2 rings (SSSR count). The summed E-state index contributed by atoms with van der Waals surface area (Å²) in [4.78, 5) is 11.8. The summed E-state index contributed by atoms with van der Waals surface area (Å²) in [5, 5.41) is 16.4. The molecule has 2 aromatic rings. The first kappa shape index (κ1) is 15.0. The summed E-state index contributed by atoms with van der Waals surface area (Å²) in [5.74, 6) is -1.25. The Labute approximate surface area is 121 Å². The topological polar surface area (TPSA) is 114 Å². The summed E-state index contributed by atoms with van der Waals surface area (Å²) in [7, 11) is -3.55. The van der Waals surface area contributed by atoms with E-state index in [2.05, 4.69) is 14.9 Å². The molecule has 0 atom stereocenters. The number of carboxylic acid groups (broad SMARTS) is 1. The van der Waals surface area contributed by atoms with Crippen LogP contribution < -0.4 is 4.72 Å². The van der Waals surface area contributed by atoms with Crippen molar-refractivity contribution in [3.05, 3.63) is 36.7 Å². The molecule has 1 aromatic carbocycles. The van der Waals surface area contributed by atoms with Gasteiger partial charge in [-0.05, 0) is 30.7 Å². The van der Waals surface area contributed by atoms with Crippen molar-refractivity contribution < 1.29 is 18.3 Å². The number of sulfonamides is 1. The Bertz CT molecular complexity index is 695. The molecule has 0 saturated heterocycles. The maximum absolute atomic E-state index is 11.8. The monoisotopic (exact) mass is 310 g/mol. The van der Waals surface area contributed by atoms with Gasteiger partial charge in [-0.25, -0.2) is 8.42 Å². The second-order valence-electron chi connectivity index (χ2n) is 4.28. The highest BCUT2D eigenvalue weighted by atomic mass is 32.2. The summed E-state index contributed by atoms with van der Waals surface area (Å²) in [6.45, 7) is 0.